The molecule has 1 aromatic carbocycles. The van der Waals surface area contributed by atoms with Crippen LogP contribution in [0.25, 0.3) is 0 Å². The van der Waals surface area contributed by atoms with E-state index in [1.807, 2.05) is 18.2 Å². The number of carbonyl (C=O) groups is 1. The van der Waals surface area contributed by atoms with Gasteiger partial charge in [0.05, 0.1) is 6.54 Å². The summed E-state index contributed by atoms with van der Waals surface area (Å²) >= 11 is 6.84. The number of hydrazone groups is 1. The molecule has 0 spiro atoms. The molecule has 0 aliphatic heterocycles. The molecule has 2 rings (SSSR count). The second-order valence-corrected chi connectivity index (χ2v) is 6.52. The van der Waals surface area contributed by atoms with Crippen molar-refractivity contribution in [2.24, 2.45) is 5.10 Å². The number of anilines is 1. The molecule has 1 saturated carbocycles. The third kappa shape index (κ3) is 4.90. The summed E-state index contributed by atoms with van der Waals surface area (Å²) in [5.41, 5.74) is 4.60. The maximum Gasteiger partial charge on any atom is 0.259 e. The van der Waals surface area contributed by atoms with E-state index in [0.29, 0.717) is 0 Å². The first kappa shape index (κ1) is 15.5. The lowest BCUT2D eigenvalue weighted by Crippen LogP contribution is -2.27. The van der Waals surface area contributed by atoms with Gasteiger partial charge in [-0.2, -0.15) is 5.10 Å². The summed E-state index contributed by atoms with van der Waals surface area (Å²) in [6.45, 7) is 0.205. The topological polar surface area (TPSA) is 53.5 Å². The number of hydrogen-bond acceptors (Lipinski definition) is 3. The molecule has 6 heteroatoms. The van der Waals surface area contributed by atoms with Gasteiger partial charge in [0, 0.05) is 20.3 Å². The van der Waals surface area contributed by atoms with Gasteiger partial charge in [-0.3, -0.25) is 4.79 Å². The molecule has 0 saturated heterocycles. The molecule has 1 amide bonds. The van der Waals surface area contributed by atoms with Gasteiger partial charge in [0.25, 0.3) is 5.91 Å². The van der Waals surface area contributed by atoms with Crippen molar-refractivity contribution in [2.45, 2.75) is 32.1 Å². The van der Waals surface area contributed by atoms with E-state index in [2.05, 4.69) is 47.7 Å². The highest BCUT2D eigenvalue weighted by Gasteiger charge is 2.08. The van der Waals surface area contributed by atoms with Crippen molar-refractivity contribution in [3.63, 3.8) is 0 Å². The molecule has 0 atom stereocenters. The van der Waals surface area contributed by atoms with E-state index in [-0.39, 0.29) is 12.5 Å². The van der Waals surface area contributed by atoms with Crippen molar-refractivity contribution in [2.75, 3.05) is 11.9 Å². The Kier molecular flexibility index (Phi) is 6.04. The van der Waals surface area contributed by atoms with Gasteiger partial charge in [-0.25, -0.2) is 5.43 Å². The van der Waals surface area contributed by atoms with Gasteiger partial charge in [0.15, 0.2) is 0 Å². The van der Waals surface area contributed by atoms with Crippen molar-refractivity contribution >= 4 is 49.2 Å². The molecule has 1 aliphatic rings. The van der Waals surface area contributed by atoms with E-state index < -0.39 is 0 Å². The SMILES string of the molecule is O=C(CNc1ccc(Br)cc1Br)NN=C1CCCCC1. The van der Waals surface area contributed by atoms with Crippen LogP contribution in [0.3, 0.4) is 0 Å². The molecule has 4 nitrogen and oxygen atoms in total. The summed E-state index contributed by atoms with van der Waals surface area (Å²) in [6.07, 6.45) is 5.64. The summed E-state index contributed by atoms with van der Waals surface area (Å²) in [5, 5.41) is 7.27. The summed E-state index contributed by atoms with van der Waals surface area (Å²) in [4.78, 5) is 11.7. The highest BCUT2D eigenvalue weighted by Crippen LogP contribution is 2.25. The molecule has 108 valence electrons. The zero-order chi connectivity index (χ0) is 14.4. The van der Waals surface area contributed by atoms with E-state index in [1.165, 1.54) is 19.3 Å². The third-order valence-electron chi connectivity index (χ3n) is 3.14. The number of amides is 1. The van der Waals surface area contributed by atoms with Crippen molar-refractivity contribution in [1.29, 1.82) is 0 Å². The van der Waals surface area contributed by atoms with Crippen molar-refractivity contribution < 1.29 is 4.79 Å². The van der Waals surface area contributed by atoms with Crippen LogP contribution in [0.15, 0.2) is 32.2 Å². The predicted octanol–water partition coefficient (Wildman–Crippen LogP) is 4.06. The standard InChI is InChI=1S/C14H17Br2N3O/c15-10-6-7-13(12(16)8-10)17-9-14(20)19-18-11-4-2-1-3-5-11/h6-8,17H,1-5,9H2,(H,19,20). The Labute approximate surface area is 135 Å². The van der Waals surface area contributed by atoms with E-state index in [4.69, 9.17) is 0 Å². The molecule has 0 aromatic heterocycles. The molecule has 0 bridgehead atoms. The second kappa shape index (κ2) is 7.78. The fraction of sp³-hybridized carbons (Fsp3) is 0.429. The Morgan fingerprint density at radius 1 is 1.20 bits per heavy atom. The molecule has 20 heavy (non-hydrogen) atoms. The van der Waals surface area contributed by atoms with Crippen LogP contribution >= 0.6 is 31.9 Å². The molecule has 0 radical (unpaired) electrons. The van der Waals surface area contributed by atoms with Crippen LogP contribution in [0.1, 0.15) is 32.1 Å². The number of hydrogen-bond donors (Lipinski definition) is 2. The fourth-order valence-corrected chi connectivity index (χ4v) is 3.25. The van der Waals surface area contributed by atoms with Crippen LogP contribution in [0.4, 0.5) is 5.69 Å². The molecule has 0 unspecified atom stereocenters. The van der Waals surface area contributed by atoms with Gasteiger partial charge in [0.2, 0.25) is 0 Å². The summed E-state index contributed by atoms with van der Waals surface area (Å²) in [7, 11) is 0. The highest BCUT2D eigenvalue weighted by molar-refractivity contribution is 9.11. The minimum Gasteiger partial charge on any atom is -0.375 e. The van der Waals surface area contributed by atoms with Crippen LogP contribution in [0, 0.1) is 0 Å². The zero-order valence-electron chi connectivity index (χ0n) is 11.1. The lowest BCUT2D eigenvalue weighted by atomic mass is 9.99. The van der Waals surface area contributed by atoms with E-state index in [1.54, 1.807) is 0 Å². The van der Waals surface area contributed by atoms with Gasteiger partial charge >= 0.3 is 0 Å². The van der Waals surface area contributed by atoms with Gasteiger partial charge in [-0.1, -0.05) is 22.4 Å². The normalized spacial score (nSPS) is 14.8. The lowest BCUT2D eigenvalue weighted by Gasteiger charge is -2.12. The minimum absolute atomic E-state index is 0.127. The second-order valence-electron chi connectivity index (χ2n) is 4.75. The lowest BCUT2D eigenvalue weighted by molar-refractivity contribution is -0.119. The summed E-state index contributed by atoms with van der Waals surface area (Å²) in [5.74, 6) is -0.127. The molecule has 2 N–H and O–H groups in total. The Morgan fingerprint density at radius 2 is 1.95 bits per heavy atom. The van der Waals surface area contributed by atoms with Crippen LogP contribution in [-0.2, 0) is 4.79 Å². The van der Waals surface area contributed by atoms with Gasteiger partial charge in [-0.05, 0) is 59.8 Å². The van der Waals surface area contributed by atoms with Gasteiger partial charge in [0.1, 0.15) is 0 Å². The quantitative estimate of drug-likeness (QED) is 0.746. The monoisotopic (exact) mass is 401 g/mol. The smallest absolute Gasteiger partial charge is 0.259 e. The molecular formula is C14H17Br2N3O. The number of carbonyl (C=O) groups excluding carboxylic acids is 1. The Bertz CT molecular complexity index is 509. The Hall–Kier alpha value is -0.880. The largest absolute Gasteiger partial charge is 0.375 e. The van der Waals surface area contributed by atoms with Crippen LogP contribution in [-0.4, -0.2) is 18.2 Å². The first-order valence-electron chi connectivity index (χ1n) is 6.68. The number of benzene rings is 1. The average molecular weight is 403 g/mol. The summed E-state index contributed by atoms with van der Waals surface area (Å²) < 4.78 is 1.90. The Morgan fingerprint density at radius 3 is 2.65 bits per heavy atom. The maximum absolute atomic E-state index is 11.7. The van der Waals surface area contributed by atoms with Crippen molar-refractivity contribution in [1.82, 2.24) is 5.43 Å². The predicted molar refractivity (Wildman–Crippen MR) is 89.0 cm³/mol. The Balaban J connectivity index is 1.80. The van der Waals surface area contributed by atoms with Crippen LogP contribution in [0.5, 0.6) is 0 Å². The molecule has 1 aromatic rings. The number of halogens is 2. The molecular weight excluding hydrogens is 386 g/mol. The molecule has 1 fully saturated rings. The van der Waals surface area contributed by atoms with E-state index in [9.17, 15) is 4.79 Å². The molecule has 1 aliphatic carbocycles. The summed E-state index contributed by atoms with van der Waals surface area (Å²) in [6, 6.07) is 5.77. The zero-order valence-corrected chi connectivity index (χ0v) is 14.3. The van der Waals surface area contributed by atoms with Crippen molar-refractivity contribution in [3.8, 4) is 0 Å². The minimum atomic E-state index is -0.127. The molecule has 0 heterocycles. The van der Waals surface area contributed by atoms with Gasteiger partial charge < -0.3 is 5.32 Å². The average Bonchev–Trinajstić information content (AvgIpc) is 2.45. The number of rotatable bonds is 4. The third-order valence-corrected chi connectivity index (χ3v) is 4.29. The van der Waals surface area contributed by atoms with Crippen LogP contribution in [0.2, 0.25) is 0 Å². The van der Waals surface area contributed by atoms with Gasteiger partial charge in [-0.15, -0.1) is 0 Å². The van der Waals surface area contributed by atoms with Crippen molar-refractivity contribution in [3.05, 3.63) is 27.1 Å². The highest BCUT2D eigenvalue weighted by atomic mass is 79.9. The van der Waals surface area contributed by atoms with E-state index in [0.717, 1.165) is 33.2 Å². The van der Waals surface area contributed by atoms with Crippen LogP contribution < -0.4 is 10.7 Å². The number of nitrogens with one attached hydrogen (secondary N) is 2. The first-order chi connectivity index (χ1) is 9.65. The fourth-order valence-electron chi connectivity index (χ4n) is 2.06. The van der Waals surface area contributed by atoms with E-state index >= 15 is 0 Å². The number of nitrogens with zero attached hydrogens (tertiary/aromatic N) is 1. The first-order valence-corrected chi connectivity index (χ1v) is 8.27. The maximum atomic E-state index is 11.7.